The lowest BCUT2D eigenvalue weighted by molar-refractivity contribution is -0.123. The molecule has 0 saturated heterocycles. The lowest BCUT2D eigenvalue weighted by atomic mass is 10.1. The molecule has 0 aliphatic rings. The summed E-state index contributed by atoms with van der Waals surface area (Å²) in [7, 11) is 1.55. The maximum absolute atomic E-state index is 12.5. The van der Waals surface area contributed by atoms with E-state index in [1.165, 1.54) is 28.4 Å². The molecule has 1 aromatic heterocycles. The fraction of sp³-hybridized carbons (Fsp3) is 0.158. The molecule has 0 radical (unpaired) electrons. The van der Waals surface area contributed by atoms with Crippen LogP contribution in [0.1, 0.15) is 20.0 Å². The van der Waals surface area contributed by atoms with Crippen LogP contribution in [-0.4, -0.2) is 44.0 Å². The smallest absolute Gasteiger partial charge is 0.340 e. The fourth-order valence-electron chi connectivity index (χ4n) is 2.19. The minimum absolute atomic E-state index is 0.124. The number of amides is 4. The first kappa shape index (κ1) is 20.8. The van der Waals surface area contributed by atoms with Crippen LogP contribution in [0.3, 0.4) is 0 Å². The zero-order chi connectivity index (χ0) is 20.5. The van der Waals surface area contributed by atoms with Gasteiger partial charge in [0.25, 0.3) is 11.8 Å². The third-order valence-corrected chi connectivity index (χ3v) is 4.37. The number of thiophene rings is 1. The normalized spacial score (nSPS) is 9.89. The Labute approximate surface area is 165 Å². The number of nitrogens with zero attached hydrogens (tertiary/aromatic N) is 1. The van der Waals surface area contributed by atoms with Crippen LogP contribution < -0.4 is 15.5 Å². The molecule has 0 aliphatic carbocycles. The first-order chi connectivity index (χ1) is 13.4. The van der Waals surface area contributed by atoms with Crippen molar-refractivity contribution in [2.75, 3.05) is 25.1 Å². The van der Waals surface area contributed by atoms with Crippen molar-refractivity contribution >= 4 is 40.8 Å². The molecule has 2 rings (SSSR count). The lowest BCUT2D eigenvalue weighted by Crippen LogP contribution is -2.41. The maximum atomic E-state index is 12.5. The highest BCUT2D eigenvalue weighted by Crippen LogP contribution is 2.23. The quantitative estimate of drug-likeness (QED) is 0.547. The lowest BCUT2D eigenvalue weighted by Gasteiger charge is -2.19. The number of anilines is 1. The van der Waals surface area contributed by atoms with E-state index in [0.717, 1.165) is 0 Å². The Kier molecular flexibility index (Phi) is 7.46. The third-order valence-electron chi connectivity index (χ3n) is 3.52. The Morgan fingerprint density at radius 2 is 1.93 bits per heavy atom. The van der Waals surface area contributed by atoms with Crippen LogP contribution in [0.2, 0.25) is 0 Å². The van der Waals surface area contributed by atoms with Crippen molar-refractivity contribution in [3.05, 3.63) is 64.9 Å². The van der Waals surface area contributed by atoms with Crippen LogP contribution in [0, 0.1) is 0 Å². The van der Waals surface area contributed by atoms with Gasteiger partial charge in [-0.3, -0.25) is 14.9 Å². The number of rotatable bonds is 7. The van der Waals surface area contributed by atoms with Gasteiger partial charge in [0, 0.05) is 13.6 Å². The number of nitrogens with one attached hydrogen (secondary N) is 2. The molecular weight excluding hydrogens is 382 g/mol. The fourth-order valence-corrected chi connectivity index (χ4v) is 2.89. The number of benzene rings is 1. The molecule has 0 spiro atoms. The second-order valence-electron chi connectivity index (χ2n) is 5.48. The van der Waals surface area contributed by atoms with Crippen LogP contribution in [0.25, 0.3) is 0 Å². The number of ether oxygens (including phenoxy) is 1. The number of para-hydroxylation sites is 1. The van der Waals surface area contributed by atoms with Gasteiger partial charge in [-0.05, 0) is 23.6 Å². The van der Waals surface area contributed by atoms with Gasteiger partial charge in [0.15, 0.2) is 6.61 Å². The number of hydrogen-bond donors (Lipinski definition) is 2. The summed E-state index contributed by atoms with van der Waals surface area (Å²) in [5, 5.41) is 6.16. The van der Waals surface area contributed by atoms with Gasteiger partial charge in [-0.2, -0.15) is 0 Å². The first-order valence-corrected chi connectivity index (χ1v) is 9.08. The van der Waals surface area contributed by atoms with Gasteiger partial charge in [-0.1, -0.05) is 24.3 Å². The molecule has 28 heavy (non-hydrogen) atoms. The summed E-state index contributed by atoms with van der Waals surface area (Å²) in [5.41, 5.74) is 0.467. The molecule has 1 heterocycles. The highest BCUT2D eigenvalue weighted by Gasteiger charge is 2.21. The van der Waals surface area contributed by atoms with Crippen molar-refractivity contribution in [1.82, 2.24) is 10.6 Å². The largest absolute Gasteiger partial charge is 0.452 e. The topological polar surface area (TPSA) is 105 Å². The van der Waals surface area contributed by atoms with Crippen molar-refractivity contribution in [3.63, 3.8) is 0 Å². The minimum Gasteiger partial charge on any atom is -0.452 e. The van der Waals surface area contributed by atoms with E-state index in [4.69, 9.17) is 4.74 Å². The van der Waals surface area contributed by atoms with E-state index in [1.807, 2.05) is 5.32 Å². The van der Waals surface area contributed by atoms with Crippen molar-refractivity contribution in [2.45, 2.75) is 0 Å². The van der Waals surface area contributed by atoms with Gasteiger partial charge in [0.1, 0.15) is 0 Å². The Balaban J connectivity index is 2.02. The third kappa shape index (κ3) is 5.52. The summed E-state index contributed by atoms with van der Waals surface area (Å²) < 4.78 is 4.97. The average molecular weight is 401 g/mol. The van der Waals surface area contributed by atoms with Crippen molar-refractivity contribution < 1.29 is 23.9 Å². The van der Waals surface area contributed by atoms with E-state index < -0.39 is 24.5 Å². The summed E-state index contributed by atoms with van der Waals surface area (Å²) in [6.45, 7) is 2.98. The predicted octanol–water partition coefficient (Wildman–Crippen LogP) is 2.19. The van der Waals surface area contributed by atoms with E-state index >= 15 is 0 Å². The van der Waals surface area contributed by atoms with E-state index in [2.05, 4.69) is 11.9 Å². The Morgan fingerprint density at radius 3 is 2.61 bits per heavy atom. The van der Waals surface area contributed by atoms with Gasteiger partial charge in [-0.25, -0.2) is 9.59 Å². The highest BCUT2D eigenvalue weighted by atomic mass is 32.1. The molecule has 0 aliphatic heterocycles. The molecule has 0 atom stereocenters. The summed E-state index contributed by atoms with van der Waals surface area (Å²) in [5.74, 6) is -1.84. The molecule has 0 fully saturated rings. The second kappa shape index (κ2) is 10.0. The van der Waals surface area contributed by atoms with Gasteiger partial charge in [0.2, 0.25) is 0 Å². The van der Waals surface area contributed by atoms with Gasteiger partial charge in [0.05, 0.1) is 16.1 Å². The number of carbonyl (C=O) groups excluding carboxylic acids is 4. The van der Waals surface area contributed by atoms with Crippen LogP contribution in [-0.2, 0) is 9.53 Å². The highest BCUT2D eigenvalue weighted by molar-refractivity contribution is 7.12. The van der Waals surface area contributed by atoms with Crippen molar-refractivity contribution in [1.29, 1.82) is 0 Å². The van der Waals surface area contributed by atoms with E-state index in [-0.39, 0.29) is 18.0 Å². The SMILES string of the molecule is C=CCNC(=O)NC(=O)COC(=O)c1ccccc1N(C)C(=O)c1cccs1. The van der Waals surface area contributed by atoms with E-state index in [1.54, 1.807) is 42.8 Å². The number of esters is 1. The second-order valence-corrected chi connectivity index (χ2v) is 6.43. The molecule has 8 nitrogen and oxygen atoms in total. The monoisotopic (exact) mass is 401 g/mol. The number of imide groups is 1. The van der Waals surface area contributed by atoms with E-state index in [9.17, 15) is 19.2 Å². The standard InChI is InChI=1S/C19H19N3O5S/c1-3-10-20-19(26)21-16(23)12-27-18(25)13-7-4-5-8-14(13)22(2)17(24)15-9-6-11-28-15/h3-9,11H,1,10,12H2,2H3,(H2,20,21,23,26). The van der Waals surface area contributed by atoms with Crippen LogP contribution in [0.4, 0.5) is 10.5 Å². The van der Waals surface area contributed by atoms with Gasteiger partial charge in [-0.15, -0.1) is 17.9 Å². The summed E-state index contributed by atoms with van der Waals surface area (Å²) in [6, 6.07) is 9.12. The summed E-state index contributed by atoms with van der Waals surface area (Å²) in [4.78, 5) is 49.9. The molecule has 9 heteroatoms. The Morgan fingerprint density at radius 1 is 1.18 bits per heavy atom. The molecule has 2 aromatic rings. The van der Waals surface area contributed by atoms with Gasteiger partial charge < -0.3 is 15.0 Å². The molecule has 0 saturated carbocycles. The molecule has 0 unspecified atom stereocenters. The van der Waals surface area contributed by atoms with E-state index in [0.29, 0.717) is 10.6 Å². The van der Waals surface area contributed by atoms with Crippen molar-refractivity contribution in [2.24, 2.45) is 0 Å². The Bertz CT molecular complexity index is 879. The van der Waals surface area contributed by atoms with Gasteiger partial charge >= 0.3 is 12.0 Å². The molecule has 146 valence electrons. The minimum atomic E-state index is -0.789. The molecule has 4 amide bonds. The maximum Gasteiger partial charge on any atom is 0.340 e. The molecule has 0 bridgehead atoms. The van der Waals surface area contributed by atoms with Crippen LogP contribution >= 0.6 is 11.3 Å². The Hall–Kier alpha value is -3.46. The predicted molar refractivity (Wildman–Crippen MR) is 106 cm³/mol. The zero-order valence-electron chi connectivity index (χ0n) is 15.1. The molecular formula is C19H19N3O5S. The zero-order valence-corrected chi connectivity index (χ0v) is 16.0. The van der Waals surface area contributed by atoms with Crippen molar-refractivity contribution in [3.8, 4) is 0 Å². The number of hydrogen-bond acceptors (Lipinski definition) is 6. The summed E-state index contributed by atoms with van der Waals surface area (Å²) >= 11 is 1.29. The first-order valence-electron chi connectivity index (χ1n) is 8.20. The number of urea groups is 1. The van der Waals surface area contributed by atoms with Crippen LogP contribution in [0.15, 0.2) is 54.4 Å². The molecule has 2 N–H and O–H groups in total. The number of carbonyl (C=O) groups is 4. The summed E-state index contributed by atoms with van der Waals surface area (Å²) in [6.07, 6.45) is 1.45. The van der Waals surface area contributed by atoms with Crippen LogP contribution in [0.5, 0.6) is 0 Å². The average Bonchev–Trinajstić information content (AvgIpc) is 3.24. The molecule has 1 aromatic carbocycles.